The van der Waals surface area contributed by atoms with Crippen LogP contribution in [0.5, 0.6) is 0 Å². The molecule has 1 aromatic heterocycles. The lowest BCUT2D eigenvalue weighted by Gasteiger charge is -2.33. The lowest BCUT2D eigenvalue weighted by molar-refractivity contribution is -0.132. The topological polar surface area (TPSA) is 43.3 Å². The van der Waals surface area contributed by atoms with Crippen LogP contribution in [0.4, 0.5) is 13.2 Å². The van der Waals surface area contributed by atoms with Crippen LogP contribution in [0.3, 0.4) is 0 Å². The van der Waals surface area contributed by atoms with E-state index in [4.69, 9.17) is 16.3 Å². The summed E-state index contributed by atoms with van der Waals surface area (Å²) in [5.41, 5.74) is 0.651. The zero-order valence-corrected chi connectivity index (χ0v) is 12.7. The van der Waals surface area contributed by atoms with Gasteiger partial charge in [0.25, 0.3) is 5.91 Å². The number of nitrogens with one attached hydrogen (secondary N) is 1. The van der Waals surface area contributed by atoms with Crippen molar-refractivity contribution in [3.05, 3.63) is 36.0 Å². The smallest absolute Gasteiger partial charge is 0.358 e. The molecule has 1 amide bonds. The highest BCUT2D eigenvalue weighted by atomic mass is 35.5. The van der Waals surface area contributed by atoms with Gasteiger partial charge >= 0.3 is 6.18 Å². The van der Waals surface area contributed by atoms with Crippen molar-refractivity contribution in [1.29, 1.82) is 0 Å². The molecule has 0 radical (unpaired) electrons. The van der Waals surface area contributed by atoms with Gasteiger partial charge in [0.2, 0.25) is 0 Å². The van der Waals surface area contributed by atoms with Crippen LogP contribution in [0, 0.1) is 0 Å². The van der Waals surface area contributed by atoms with E-state index in [0.29, 0.717) is 17.6 Å². The van der Waals surface area contributed by atoms with E-state index in [0.717, 1.165) is 5.52 Å². The number of para-hydroxylation sites is 1. The zero-order chi connectivity index (χ0) is 16.6. The van der Waals surface area contributed by atoms with E-state index >= 15 is 0 Å². The van der Waals surface area contributed by atoms with E-state index in [-0.39, 0.29) is 6.04 Å². The van der Waals surface area contributed by atoms with Crippen molar-refractivity contribution in [2.45, 2.75) is 24.2 Å². The first kappa shape index (κ1) is 16.1. The average molecular weight is 347 g/mol. The van der Waals surface area contributed by atoms with Crippen LogP contribution in [0.25, 0.3) is 10.9 Å². The maximum atomic E-state index is 12.2. The van der Waals surface area contributed by atoms with Gasteiger partial charge in [0, 0.05) is 23.6 Å². The molecule has 23 heavy (non-hydrogen) atoms. The summed E-state index contributed by atoms with van der Waals surface area (Å²) < 4.78 is 43.5. The van der Waals surface area contributed by atoms with Crippen molar-refractivity contribution in [3.63, 3.8) is 0 Å². The van der Waals surface area contributed by atoms with Crippen molar-refractivity contribution >= 4 is 28.4 Å². The van der Waals surface area contributed by atoms with Crippen molar-refractivity contribution in [3.8, 4) is 0 Å². The highest BCUT2D eigenvalue weighted by molar-refractivity contribution is 6.20. The van der Waals surface area contributed by atoms with Gasteiger partial charge in [-0.25, -0.2) is 0 Å². The molecular weight excluding hydrogens is 333 g/mol. The summed E-state index contributed by atoms with van der Waals surface area (Å²) in [6.07, 6.45) is -3.73. The highest BCUT2D eigenvalue weighted by Crippen LogP contribution is 2.34. The molecule has 2 aromatic rings. The van der Waals surface area contributed by atoms with Crippen LogP contribution in [-0.2, 0) is 4.74 Å². The van der Waals surface area contributed by atoms with E-state index < -0.39 is 30.6 Å². The summed E-state index contributed by atoms with van der Waals surface area (Å²) in [7, 11) is 0. The molecular formula is C15H14ClF3N2O2. The van der Waals surface area contributed by atoms with Crippen LogP contribution in [0.1, 0.15) is 22.8 Å². The van der Waals surface area contributed by atoms with Crippen molar-refractivity contribution in [1.82, 2.24) is 9.88 Å². The van der Waals surface area contributed by atoms with E-state index in [1.54, 1.807) is 18.3 Å². The summed E-state index contributed by atoms with van der Waals surface area (Å²) in [5, 5.41) is 2.98. The maximum absolute atomic E-state index is 12.2. The Bertz CT molecular complexity index is 729. The summed E-state index contributed by atoms with van der Waals surface area (Å²) in [5.74, 6) is -0.532. The second-order valence-corrected chi connectivity index (χ2v) is 5.77. The number of ether oxygens (including phenoxy) is 1. The van der Waals surface area contributed by atoms with Gasteiger partial charge in [-0.3, -0.25) is 4.79 Å². The number of fused-ring (bicyclic) bond motifs is 1. The molecule has 1 saturated heterocycles. The number of carbonyl (C=O) groups excluding carboxylic acids is 1. The number of aromatic nitrogens is 1. The fraction of sp³-hybridized carbons (Fsp3) is 0.400. The molecule has 0 bridgehead atoms. The number of carbonyl (C=O) groups is 1. The van der Waals surface area contributed by atoms with Crippen molar-refractivity contribution < 1.29 is 22.7 Å². The van der Waals surface area contributed by atoms with Crippen LogP contribution in [0.15, 0.2) is 30.5 Å². The first-order chi connectivity index (χ1) is 10.9. The number of hydrogen-bond donors (Lipinski definition) is 1. The summed E-state index contributed by atoms with van der Waals surface area (Å²) in [4.78, 5) is 12.2. The van der Waals surface area contributed by atoms with Gasteiger partial charge in [-0.1, -0.05) is 29.8 Å². The Kier molecular flexibility index (Phi) is 4.25. The summed E-state index contributed by atoms with van der Waals surface area (Å²) in [6.45, 7) is -0.0194. The lowest BCUT2D eigenvalue weighted by Crippen LogP contribution is -2.37. The van der Waals surface area contributed by atoms with Gasteiger partial charge in [0.1, 0.15) is 0 Å². The number of alkyl halides is 4. The molecule has 1 aromatic carbocycles. The Hall–Kier alpha value is -1.73. The highest BCUT2D eigenvalue weighted by Gasteiger charge is 2.33. The third-order valence-electron chi connectivity index (χ3n) is 3.77. The quantitative estimate of drug-likeness (QED) is 0.862. The minimum Gasteiger partial charge on any atom is -0.358 e. The second-order valence-electron chi connectivity index (χ2n) is 5.34. The van der Waals surface area contributed by atoms with Gasteiger partial charge < -0.3 is 14.6 Å². The number of benzene rings is 1. The fourth-order valence-electron chi connectivity index (χ4n) is 2.53. The van der Waals surface area contributed by atoms with Gasteiger partial charge in [-0.15, -0.1) is 0 Å². The molecule has 8 heteroatoms. The summed E-state index contributed by atoms with van der Waals surface area (Å²) >= 11 is 6.00. The average Bonchev–Trinajstić information content (AvgIpc) is 2.84. The molecule has 0 saturated carbocycles. The van der Waals surface area contributed by atoms with Crippen LogP contribution in [-0.4, -0.2) is 35.4 Å². The number of halogens is 4. The zero-order valence-electron chi connectivity index (χ0n) is 11.9. The molecule has 1 aliphatic heterocycles. The Morgan fingerprint density at radius 3 is 2.74 bits per heavy atom. The maximum Gasteiger partial charge on any atom is 0.390 e. The van der Waals surface area contributed by atoms with E-state index in [2.05, 4.69) is 5.32 Å². The van der Waals surface area contributed by atoms with E-state index in [9.17, 15) is 18.0 Å². The first-order valence-electron chi connectivity index (χ1n) is 7.07. The van der Waals surface area contributed by atoms with Crippen LogP contribution in [0.2, 0.25) is 0 Å². The van der Waals surface area contributed by atoms with E-state index in [1.165, 1.54) is 0 Å². The molecule has 4 nitrogen and oxygen atoms in total. The summed E-state index contributed by atoms with van der Waals surface area (Å²) in [6, 6.07) is 7.09. The molecule has 3 rings (SSSR count). The van der Waals surface area contributed by atoms with Crippen LogP contribution >= 0.6 is 11.6 Å². The predicted octanol–water partition coefficient (Wildman–Crippen LogP) is 3.46. The second kappa shape index (κ2) is 6.05. The lowest BCUT2D eigenvalue weighted by atomic mass is 10.1. The van der Waals surface area contributed by atoms with Crippen molar-refractivity contribution in [2.75, 3.05) is 13.2 Å². The Morgan fingerprint density at radius 1 is 1.39 bits per heavy atom. The molecule has 1 aliphatic rings. The standard InChI is InChI=1S/C15H14ClF3N2O2/c16-13-12(8-23-13)21-7-10(9-3-1-2-4-11(9)21)14(22)20-6-5-15(17,18)19/h1-4,7,12-13H,5-6,8H2,(H,20,22). The van der Waals surface area contributed by atoms with Crippen molar-refractivity contribution in [2.24, 2.45) is 0 Å². The van der Waals surface area contributed by atoms with Gasteiger partial charge in [-0.05, 0) is 6.07 Å². The first-order valence-corrected chi connectivity index (χ1v) is 7.50. The number of amides is 1. The molecule has 0 aliphatic carbocycles. The SMILES string of the molecule is O=C(NCCC(F)(F)F)c1cn(C2COC2Cl)c2ccccc12. The molecule has 124 valence electrons. The third kappa shape index (κ3) is 3.30. The Balaban J connectivity index is 1.84. The minimum absolute atomic E-state index is 0.0988. The predicted molar refractivity (Wildman–Crippen MR) is 79.6 cm³/mol. The molecule has 0 spiro atoms. The fourth-order valence-corrected chi connectivity index (χ4v) is 2.80. The molecule has 2 heterocycles. The Labute approximate surface area is 135 Å². The van der Waals surface area contributed by atoms with E-state index in [1.807, 2.05) is 16.7 Å². The Morgan fingerprint density at radius 2 is 2.13 bits per heavy atom. The number of hydrogen-bond acceptors (Lipinski definition) is 2. The van der Waals surface area contributed by atoms with Crippen LogP contribution < -0.4 is 5.32 Å². The monoisotopic (exact) mass is 346 g/mol. The van der Waals surface area contributed by atoms with Gasteiger partial charge in [0.05, 0.1) is 24.6 Å². The molecule has 1 N–H and O–H groups in total. The normalized spacial score (nSPS) is 21.2. The third-order valence-corrected chi connectivity index (χ3v) is 4.18. The molecule has 2 atom stereocenters. The molecule has 1 fully saturated rings. The largest absolute Gasteiger partial charge is 0.390 e. The van der Waals surface area contributed by atoms with Gasteiger partial charge in [0.15, 0.2) is 5.56 Å². The van der Waals surface area contributed by atoms with Gasteiger partial charge in [-0.2, -0.15) is 13.2 Å². The number of nitrogens with zero attached hydrogens (tertiary/aromatic N) is 1. The minimum atomic E-state index is -4.30. The number of rotatable bonds is 4. The molecule has 2 unspecified atom stereocenters.